The number of fused-ring (bicyclic) bond motifs is 1. The van der Waals surface area contributed by atoms with Crippen molar-refractivity contribution in [2.75, 3.05) is 0 Å². The van der Waals surface area contributed by atoms with Crippen molar-refractivity contribution in [3.05, 3.63) is 30.6 Å². The molecule has 1 unspecified atom stereocenters. The topological polar surface area (TPSA) is 92.0 Å². The van der Waals surface area contributed by atoms with Crippen LogP contribution in [0.2, 0.25) is 0 Å². The van der Waals surface area contributed by atoms with Crippen LogP contribution in [0.3, 0.4) is 0 Å². The summed E-state index contributed by atoms with van der Waals surface area (Å²) in [5.41, 5.74) is 6.96. The molecule has 0 aliphatic rings. The van der Waals surface area contributed by atoms with Crippen molar-refractivity contribution < 1.29 is 9.90 Å². The number of aromatic amines is 1. The monoisotopic (exact) mass is 207 g/mol. The Bertz CT molecular complexity index is 407. The zero-order valence-electron chi connectivity index (χ0n) is 8.34. The molecule has 4 N–H and O–H groups in total. The van der Waals surface area contributed by atoms with E-state index in [9.17, 15) is 4.79 Å². The number of benzene rings is 1. The summed E-state index contributed by atoms with van der Waals surface area (Å²) in [5, 5.41) is 7.87. The summed E-state index contributed by atoms with van der Waals surface area (Å²) in [4.78, 5) is 16.6. The van der Waals surface area contributed by atoms with Crippen LogP contribution in [0.4, 0.5) is 0 Å². The lowest BCUT2D eigenvalue weighted by Crippen LogP contribution is -2.25. The van der Waals surface area contributed by atoms with Crippen LogP contribution < -0.4 is 5.73 Å². The Morgan fingerprint density at radius 2 is 2.13 bits per heavy atom. The largest absolute Gasteiger partial charge is 0.480 e. The van der Waals surface area contributed by atoms with Gasteiger partial charge in [-0.25, -0.2) is 4.98 Å². The molecule has 0 radical (unpaired) electrons. The molecule has 0 saturated heterocycles. The maximum atomic E-state index is 9.57. The predicted octanol–water partition coefficient (Wildman–Crippen LogP) is 0.981. The molecule has 2 rings (SSSR count). The lowest BCUT2D eigenvalue weighted by atomic mass is 10.3. The molecule has 0 aliphatic carbocycles. The third-order valence-electron chi connectivity index (χ3n) is 1.72. The van der Waals surface area contributed by atoms with Crippen LogP contribution in [-0.2, 0) is 4.79 Å². The van der Waals surface area contributed by atoms with Gasteiger partial charge in [0.25, 0.3) is 0 Å². The number of nitrogens with zero attached hydrogens (tertiary/aromatic N) is 1. The van der Waals surface area contributed by atoms with Crippen molar-refractivity contribution in [2.45, 2.75) is 13.0 Å². The Morgan fingerprint density at radius 3 is 2.67 bits per heavy atom. The number of carboxylic acids is 1. The zero-order chi connectivity index (χ0) is 11.3. The second-order valence-electron chi connectivity index (χ2n) is 3.05. The van der Waals surface area contributed by atoms with Crippen LogP contribution in [0.5, 0.6) is 0 Å². The number of imidazole rings is 1. The number of hydrogen-bond acceptors (Lipinski definition) is 3. The fourth-order valence-electron chi connectivity index (χ4n) is 0.880. The van der Waals surface area contributed by atoms with Gasteiger partial charge < -0.3 is 15.8 Å². The highest BCUT2D eigenvalue weighted by Crippen LogP contribution is 2.05. The molecule has 0 amide bonds. The minimum atomic E-state index is -0.963. The highest BCUT2D eigenvalue weighted by atomic mass is 16.4. The molecule has 1 atom stereocenters. The van der Waals surface area contributed by atoms with Gasteiger partial charge in [0, 0.05) is 0 Å². The third-order valence-corrected chi connectivity index (χ3v) is 1.72. The molecule has 15 heavy (non-hydrogen) atoms. The lowest BCUT2D eigenvalue weighted by Gasteiger charge is -1.90. The number of rotatable bonds is 1. The normalized spacial score (nSPS) is 11.6. The van der Waals surface area contributed by atoms with Crippen molar-refractivity contribution >= 4 is 17.0 Å². The predicted molar refractivity (Wildman–Crippen MR) is 57.4 cm³/mol. The number of carboxylic acid groups (broad SMARTS) is 1. The maximum Gasteiger partial charge on any atom is 0.320 e. The molecule has 5 heteroatoms. The van der Waals surface area contributed by atoms with Crippen LogP contribution in [0.25, 0.3) is 11.0 Å². The van der Waals surface area contributed by atoms with E-state index in [-0.39, 0.29) is 0 Å². The molecule has 80 valence electrons. The van der Waals surface area contributed by atoms with E-state index in [4.69, 9.17) is 10.8 Å². The van der Waals surface area contributed by atoms with Gasteiger partial charge in [0.2, 0.25) is 0 Å². The zero-order valence-corrected chi connectivity index (χ0v) is 8.34. The molecule has 1 aromatic heterocycles. The van der Waals surface area contributed by atoms with Crippen molar-refractivity contribution in [1.82, 2.24) is 9.97 Å². The van der Waals surface area contributed by atoms with E-state index in [2.05, 4.69) is 9.97 Å². The maximum absolute atomic E-state index is 9.57. The number of hydrogen-bond donors (Lipinski definition) is 3. The van der Waals surface area contributed by atoms with Crippen LogP contribution >= 0.6 is 0 Å². The first-order valence-electron chi connectivity index (χ1n) is 4.47. The molecule has 0 fully saturated rings. The van der Waals surface area contributed by atoms with E-state index in [1.165, 1.54) is 6.92 Å². The van der Waals surface area contributed by atoms with Gasteiger partial charge in [0.15, 0.2) is 0 Å². The third kappa shape index (κ3) is 3.40. The number of nitrogens with one attached hydrogen (secondary N) is 1. The minimum absolute atomic E-state index is 0.731. The van der Waals surface area contributed by atoms with Gasteiger partial charge in [-0.2, -0.15) is 0 Å². The second kappa shape index (κ2) is 5.11. The van der Waals surface area contributed by atoms with Gasteiger partial charge in [-0.1, -0.05) is 12.1 Å². The van der Waals surface area contributed by atoms with Crippen molar-refractivity contribution in [3.8, 4) is 0 Å². The summed E-state index contributed by atoms with van der Waals surface area (Å²) < 4.78 is 0. The molecular weight excluding hydrogens is 194 g/mol. The van der Waals surface area contributed by atoms with E-state index >= 15 is 0 Å². The molecular formula is C10H13N3O2. The summed E-state index contributed by atoms with van der Waals surface area (Å²) in [6.45, 7) is 1.42. The molecule has 0 saturated carbocycles. The molecule has 0 aliphatic heterocycles. The van der Waals surface area contributed by atoms with Crippen LogP contribution in [0.1, 0.15) is 6.92 Å². The number of aromatic nitrogens is 2. The minimum Gasteiger partial charge on any atom is -0.480 e. The standard InChI is InChI=1S/C7H6N2.C3H7NO2/c1-2-4-7-6(3-1)8-5-9-7;1-2(4)3(5)6/h1-5H,(H,8,9);2H,4H2,1H3,(H,5,6). The number of nitrogens with two attached hydrogens (primary N) is 1. The van der Waals surface area contributed by atoms with E-state index in [1.54, 1.807) is 6.33 Å². The fourth-order valence-corrected chi connectivity index (χ4v) is 0.880. The first-order chi connectivity index (χ1) is 7.11. The summed E-state index contributed by atoms with van der Waals surface area (Å²) >= 11 is 0. The van der Waals surface area contributed by atoms with Crippen LogP contribution in [-0.4, -0.2) is 27.1 Å². The lowest BCUT2D eigenvalue weighted by molar-refractivity contribution is -0.138. The molecule has 5 nitrogen and oxygen atoms in total. The number of aliphatic carboxylic acids is 1. The highest BCUT2D eigenvalue weighted by molar-refractivity contribution is 5.73. The van der Waals surface area contributed by atoms with E-state index in [0.717, 1.165) is 11.0 Å². The van der Waals surface area contributed by atoms with E-state index in [0.29, 0.717) is 0 Å². The first kappa shape index (κ1) is 11.2. The smallest absolute Gasteiger partial charge is 0.320 e. The van der Waals surface area contributed by atoms with Crippen molar-refractivity contribution in [3.63, 3.8) is 0 Å². The molecule has 1 aromatic carbocycles. The highest BCUT2D eigenvalue weighted by Gasteiger charge is 1.99. The van der Waals surface area contributed by atoms with Crippen molar-refractivity contribution in [1.29, 1.82) is 0 Å². The number of H-pyrrole nitrogens is 1. The Kier molecular flexibility index (Phi) is 3.82. The Morgan fingerprint density at radius 1 is 1.53 bits per heavy atom. The van der Waals surface area contributed by atoms with E-state index in [1.807, 2.05) is 24.3 Å². The van der Waals surface area contributed by atoms with Crippen LogP contribution in [0, 0.1) is 0 Å². The SMILES string of the molecule is CC(N)C(=O)O.c1ccc2[nH]cnc2c1. The average molecular weight is 207 g/mol. The average Bonchev–Trinajstić information content (AvgIpc) is 2.66. The summed E-state index contributed by atoms with van der Waals surface area (Å²) in [7, 11) is 0. The van der Waals surface area contributed by atoms with E-state index < -0.39 is 12.0 Å². The molecule has 0 bridgehead atoms. The summed E-state index contributed by atoms with van der Waals surface area (Å²) in [6, 6.07) is 7.21. The molecule has 2 aromatic rings. The number of carbonyl (C=O) groups is 1. The Hall–Kier alpha value is -1.88. The van der Waals surface area contributed by atoms with Gasteiger partial charge in [-0.05, 0) is 19.1 Å². The van der Waals surface area contributed by atoms with Gasteiger partial charge in [0.1, 0.15) is 6.04 Å². The molecule has 1 heterocycles. The Labute approximate surface area is 86.9 Å². The van der Waals surface area contributed by atoms with Crippen molar-refractivity contribution in [2.24, 2.45) is 5.73 Å². The summed E-state index contributed by atoms with van der Waals surface area (Å²) in [5.74, 6) is -0.963. The summed E-state index contributed by atoms with van der Waals surface area (Å²) in [6.07, 6.45) is 1.70. The molecule has 0 spiro atoms. The fraction of sp³-hybridized carbons (Fsp3) is 0.200. The van der Waals surface area contributed by atoms with Crippen LogP contribution in [0.15, 0.2) is 30.6 Å². The number of para-hydroxylation sites is 2. The Balaban J connectivity index is 0.000000167. The van der Waals surface area contributed by atoms with Gasteiger partial charge >= 0.3 is 5.97 Å². The quantitative estimate of drug-likeness (QED) is 0.650. The van der Waals surface area contributed by atoms with Gasteiger partial charge in [-0.15, -0.1) is 0 Å². The first-order valence-corrected chi connectivity index (χ1v) is 4.47. The van der Waals surface area contributed by atoms with Gasteiger partial charge in [-0.3, -0.25) is 4.79 Å². The van der Waals surface area contributed by atoms with Gasteiger partial charge in [0.05, 0.1) is 17.4 Å². The second-order valence-corrected chi connectivity index (χ2v) is 3.05.